The summed E-state index contributed by atoms with van der Waals surface area (Å²) in [5.41, 5.74) is 4.71. The molecule has 156 valence electrons. The minimum atomic E-state index is -0.358. The van der Waals surface area contributed by atoms with Gasteiger partial charge in [-0.15, -0.1) is 0 Å². The van der Waals surface area contributed by atoms with E-state index in [9.17, 15) is 9.59 Å². The normalized spacial score (nSPS) is 20.8. The number of carbonyl (C=O) groups is 2. The average Bonchev–Trinajstić information content (AvgIpc) is 3.39. The average molecular weight is 406 g/mol. The van der Waals surface area contributed by atoms with Crippen LogP contribution in [0.25, 0.3) is 0 Å². The van der Waals surface area contributed by atoms with Crippen molar-refractivity contribution in [3.05, 3.63) is 53.1 Å². The second kappa shape index (κ2) is 7.67. The van der Waals surface area contributed by atoms with E-state index in [-0.39, 0.29) is 37.0 Å². The van der Waals surface area contributed by atoms with Crippen LogP contribution in [0.15, 0.2) is 36.4 Å². The fourth-order valence-electron chi connectivity index (χ4n) is 4.62. The first-order chi connectivity index (χ1) is 14.6. The highest BCUT2D eigenvalue weighted by molar-refractivity contribution is 6.00. The summed E-state index contributed by atoms with van der Waals surface area (Å²) in [6, 6.07) is 11.9. The maximum Gasteiger partial charge on any atom is 0.231 e. The lowest BCUT2D eigenvalue weighted by Crippen LogP contribution is -2.34. The topological polar surface area (TPSA) is 67.9 Å². The molecule has 1 fully saturated rings. The zero-order valence-electron chi connectivity index (χ0n) is 17.1. The molecule has 5 rings (SSSR count). The zero-order chi connectivity index (χ0) is 20.7. The molecule has 2 atom stereocenters. The molecule has 2 aliphatic heterocycles. The molecule has 30 heavy (non-hydrogen) atoms. The van der Waals surface area contributed by atoms with E-state index < -0.39 is 0 Å². The van der Waals surface area contributed by atoms with E-state index in [4.69, 9.17) is 9.47 Å². The number of aryl methyl sites for hydroxylation is 2. The summed E-state index contributed by atoms with van der Waals surface area (Å²) < 4.78 is 10.7. The number of fused-ring (bicyclic) bond motifs is 2. The number of amides is 2. The molecule has 1 N–H and O–H groups in total. The van der Waals surface area contributed by atoms with Gasteiger partial charge in [-0.2, -0.15) is 0 Å². The molecule has 2 aromatic carbocycles. The fraction of sp³-hybridized carbons (Fsp3) is 0.417. The van der Waals surface area contributed by atoms with Gasteiger partial charge in [0.25, 0.3) is 0 Å². The predicted molar refractivity (Wildman–Crippen MR) is 113 cm³/mol. The Labute approximate surface area is 176 Å². The first-order valence-corrected chi connectivity index (χ1v) is 10.7. The van der Waals surface area contributed by atoms with Gasteiger partial charge in [-0.3, -0.25) is 9.59 Å². The minimum Gasteiger partial charge on any atom is -0.454 e. The Balaban J connectivity index is 1.25. The number of benzene rings is 2. The first-order valence-electron chi connectivity index (χ1n) is 10.7. The number of carbonyl (C=O) groups excluding carboxylic acids is 2. The van der Waals surface area contributed by atoms with Gasteiger partial charge in [-0.1, -0.05) is 18.2 Å². The van der Waals surface area contributed by atoms with Crippen LogP contribution in [0.4, 0.5) is 5.69 Å². The molecule has 1 aliphatic carbocycles. The van der Waals surface area contributed by atoms with E-state index in [0.29, 0.717) is 18.0 Å². The summed E-state index contributed by atoms with van der Waals surface area (Å²) >= 11 is 0. The first kappa shape index (κ1) is 19.0. The van der Waals surface area contributed by atoms with Crippen molar-refractivity contribution in [2.45, 2.75) is 45.1 Å². The molecule has 3 aliphatic rings. The summed E-state index contributed by atoms with van der Waals surface area (Å²) in [6.07, 6.45) is 4.98. The molecule has 6 nitrogen and oxygen atoms in total. The van der Waals surface area contributed by atoms with Crippen LogP contribution in [0, 0.1) is 5.92 Å². The van der Waals surface area contributed by atoms with Crippen molar-refractivity contribution < 1.29 is 19.1 Å². The van der Waals surface area contributed by atoms with Crippen molar-refractivity contribution in [2.24, 2.45) is 5.92 Å². The van der Waals surface area contributed by atoms with Gasteiger partial charge < -0.3 is 19.7 Å². The number of ether oxygens (including phenoxy) is 2. The van der Waals surface area contributed by atoms with E-state index in [0.717, 1.165) is 24.1 Å². The largest absolute Gasteiger partial charge is 0.454 e. The number of rotatable bonds is 4. The number of hydrogen-bond acceptors (Lipinski definition) is 4. The zero-order valence-corrected chi connectivity index (χ0v) is 17.1. The Morgan fingerprint density at radius 2 is 1.87 bits per heavy atom. The Morgan fingerprint density at radius 3 is 2.73 bits per heavy atom. The summed E-state index contributed by atoms with van der Waals surface area (Å²) in [7, 11) is 0. The molecule has 6 heteroatoms. The van der Waals surface area contributed by atoms with Crippen LogP contribution in [0.1, 0.15) is 48.9 Å². The van der Waals surface area contributed by atoms with Crippen LogP contribution in [0.5, 0.6) is 11.5 Å². The third kappa shape index (κ3) is 3.51. The lowest BCUT2D eigenvalue weighted by Gasteiger charge is -2.21. The summed E-state index contributed by atoms with van der Waals surface area (Å²) in [4.78, 5) is 27.1. The van der Waals surface area contributed by atoms with E-state index >= 15 is 0 Å². The highest BCUT2D eigenvalue weighted by Gasteiger charge is 2.36. The van der Waals surface area contributed by atoms with Crippen LogP contribution < -0.4 is 19.7 Å². The Hall–Kier alpha value is -3.02. The number of hydrogen-bond donors (Lipinski definition) is 1. The minimum absolute atomic E-state index is 0.0459. The monoisotopic (exact) mass is 406 g/mol. The predicted octanol–water partition coefficient (Wildman–Crippen LogP) is 3.52. The molecule has 2 heterocycles. The van der Waals surface area contributed by atoms with Gasteiger partial charge in [0.1, 0.15) is 0 Å². The number of anilines is 1. The van der Waals surface area contributed by atoms with Gasteiger partial charge in [-0.25, -0.2) is 0 Å². The van der Waals surface area contributed by atoms with E-state index in [1.807, 2.05) is 13.0 Å². The highest BCUT2D eigenvalue weighted by atomic mass is 16.7. The van der Waals surface area contributed by atoms with E-state index in [1.54, 1.807) is 17.0 Å². The van der Waals surface area contributed by atoms with Crippen molar-refractivity contribution in [1.82, 2.24) is 5.32 Å². The molecule has 0 bridgehead atoms. The van der Waals surface area contributed by atoms with Gasteiger partial charge >= 0.3 is 0 Å². The van der Waals surface area contributed by atoms with Gasteiger partial charge in [0.2, 0.25) is 18.6 Å². The highest BCUT2D eigenvalue weighted by Crippen LogP contribution is 2.37. The maximum atomic E-state index is 12.9. The van der Waals surface area contributed by atoms with Crippen LogP contribution in [-0.2, 0) is 22.4 Å². The van der Waals surface area contributed by atoms with Crippen molar-refractivity contribution in [1.29, 1.82) is 0 Å². The van der Waals surface area contributed by atoms with Crippen LogP contribution in [0.3, 0.4) is 0 Å². The van der Waals surface area contributed by atoms with Gasteiger partial charge in [0, 0.05) is 24.7 Å². The Bertz CT molecular complexity index is 1000. The van der Waals surface area contributed by atoms with Crippen molar-refractivity contribution in [2.75, 3.05) is 18.2 Å². The maximum absolute atomic E-state index is 12.9. The van der Waals surface area contributed by atoms with Crippen LogP contribution in [-0.4, -0.2) is 25.2 Å². The van der Waals surface area contributed by atoms with Gasteiger partial charge in [0.15, 0.2) is 11.5 Å². The summed E-state index contributed by atoms with van der Waals surface area (Å²) in [5, 5.41) is 3.12. The Morgan fingerprint density at radius 1 is 1.07 bits per heavy atom. The number of nitrogens with zero attached hydrogens (tertiary/aromatic N) is 1. The van der Waals surface area contributed by atoms with Crippen molar-refractivity contribution in [3.63, 3.8) is 0 Å². The van der Waals surface area contributed by atoms with Crippen LogP contribution in [0.2, 0.25) is 0 Å². The molecule has 0 aromatic heterocycles. The second-order valence-electron chi connectivity index (χ2n) is 8.41. The molecule has 1 saturated heterocycles. The molecular formula is C24H26N2O4. The SMILES string of the molecule is C[C@H](NC(=O)[C@@H]1CC(=O)N(c2ccc3c(c2)OCO3)C1)c1ccc2c(c1)CCCC2. The smallest absolute Gasteiger partial charge is 0.231 e. The number of nitrogens with one attached hydrogen (secondary N) is 1. The van der Waals surface area contributed by atoms with Gasteiger partial charge in [0.05, 0.1) is 12.0 Å². The second-order valence-corrected chi connectivity index (χ2v) is 8.41. The van der Waals surface area contributed by atoms with Crippen molar-refractivity contribution >= 4 is 17.5 Å². The molecule has 2 aromatic rings. The molecule has 0 radical (unpaired) electrons. The molecule has 0 spiro atoms. The van der Waals surface area contributed by atoms with Crippen molar-refractivity contribution in [3.8, 4) is 11.5 Å². The van der Waals surface area contributed by atoms with E-state index in [1.165, 1.54) is 24.0 Å². The molecule has 0 unspecified atom stereocenters. The lowest BCUT2D eigenvalue weighted by molar-refractivity contribution is -0.126. The van der Waals surface area contributed by atoms with Crippen LogP contribution >= 0.6 is 0 Å². The standard InChI is InChI=1S/C24H26N2O4/c1-15(17-7-6-16-4-2-3-5-18(16)10-17)25-24(28)19-11-23(27)26(13-19)20-8-9-21-22(12-20)30-14-29-21/h6-10,12,15,19H,2-5,11,13-14H2,1H3,(H,25,28)/t15-,19+/m0/s1. The van der Waals surface area contributed by atoms with Gasteiger partial charge in [-0.05, 0) is 61.4 Å². The fourth-order valence-corrected chi connectivity index (χ4v) is 4.62. The van der Waals surface area contributed by atoms with E-state index in [2.05, 4.69) is 23.5 Å². The molecule has 0 saturated carbocycles. The summed E-state index contributed by atoms with van der Waals surface area (Å²) in [5.74, 6) is 0.836. The summed E-state index contributed by atoms with van der Waals surface area (Å²) in [6.45, 7) is 2.58. The molecule has 2 amide bonds. The third-order valence-corrected chi connectivity index (χ3v) is 6.39. The third-order valence-electron chi connectivity index (χ3n) is 6.39. The lowest BCUT2D eigenvalue weighted by atomic mass is 9.89. The quantitative estimate of drug-likeness (QED) is 0.844. The molecular weight excluding hydrogens is 380 g/mol. The Kier molecular flexibility index (Phi) is 4.85.